The van der Waals surface area contributed by atoms with E-state index in [1.54, 1.807) is 0 Å². The Kier molecular flexibility index (Phi) is 5.97. The first kappa shape index (κ1) is 21.0. The maximum absolute atomic E-state index is 12.6. The quantitative estimate of drug-likeness (QED) is 0.562. The Labute approximate surface area is 174 Å². The van der Waals surface area contributed by atoms with Gasteiger partial charge in [-0.2, -0.15) is 0 Å². The molecular weight excluding hydrogens is 396 g/mol. The molecule has 0 spiro atoms. The summed E-state index contributed by atoms with van der Waals surface area (Å²) in [5.41, 5.74) is 0. The summed E-state index contributed by atoms with van der Waals surface area (Å²) in [5.74, 6) is -1.20. The minimum absolute atomic E-state index is 0.144. The first-order chi connectivity index (χ1) is 14.4. The van der Waals surface area contributed by atoms with Crippen molar-refractivity contribution in [2.24, 2.45) is 0 Å². The molecule has 0 N–H and O–H groups in total. The lowest BCUT2D eigenvalue weighted by Gasteiger charge is -2.24. The highest BCUT2D eigenvalue weighted by atomic mass is 16.7. The number of ether oxygens (including phenoxy) is 4. The van der Waals surface area contributed by atoms with Crippen LogP contribution in [-0.4, -0.2) is 96.4 Å². The number of esters is 2. The van der Waals surface area contributed by atoms with Crippen molar-refractivity contribution in [2.45, 2.75) is 76.0 Å². The zero-order valence-corrected chi connectivity index (χ0v) is 17.3. The monoisotopic (exact) mass is 424 g/mol. The highest BCUT2D eigenvalue weighted by Gasteiger charge is 2.52. The van der Waals surface area contributed by atoms with E-state index in [0.29, 0.717) is 25.9 Å². The Morgan fingerprint density at radius 1 is 0.733 bits per heavy atom. The van der Waals surface area contributed by atoms with Gasteiger partial charge in [-0.1, -0.05) is 0 Å². The predicted molar refractivity (Wildman–Crippen MR) is 100 cm³/mol. The summed E-state index contributed by atoms with van der Waals surface area (Å²) in [6, 6.07) is -1.15. The smallest absolute Gasteiger partial charge is 0.329 e. The van der Waals surface area contributed by atoms with E-state index in [4.69, 9.17) is 18.9 Å². The van der Waals surface area contributed by atoms with Crippen molar-refractivity contribution in [1.82, 2.24) is 9.80 Å². The van der Waals surface area contributed by atoms with Crippen molar-refractivity contribution in [2.75, 3.05) is 26.3 Å². The van der Waals surface area contributed by atoms with E-state index < -0.39 is 48.4 Å². The van der Waals surface area contributed by atoms with E-state index >= 15 is 0 Å². The minimum atomic E-state index is -0.610. The van der Waals surface area contributed by atoms with Gasteiger partial charge in [-0.15, -0.1) is 0 Å². The number of rotatable bonds is 4. The van der Waals surface area contributed by atoms with E-state index in [9.17, 15) is 19.2 Å². The lowest BCUT2D eigenvalue weighted by atomic mass is 10.1. The molecule has 30 heavy (non-hydrogen) atoms. The first-order valence-corrected chi connectivity index (χ1v) is 10.6. The van der Waals surface area contributed by atoms with Crippen LogP contribution in [0.4, 0.5) is 0 Å². The van der Waals surface area contributed by atoms with Gasteiger partial charge in [0, 0.05) is 26.9 Å². The fourth-order valence-corrected chi connectivity index (χ4v) is 4.86. The maximum atomic E-state index is 12.6. The summed E-state index contributed by atoms with van der Waals surface area (Å²) < 4.78 is 22.7. The van der Waals surface area contributed by atoms with Crippen LogP contribution in [0, 0.1) is 0 Å². The van der Waals surface area contributed by atoms with Gasteiger partial charge in [0.15, 0.2) is 12.2 Å². The Hall–Kier alpha value is -2.20. The fraction of sp³-hybridized carbons (Fsp3) is 0.800. The van der Waals surface area contributed by atoms with Crippen LogP contribution < -0.4 is 0 Å². The van der Waals surface area contributed by atoms with E-state index in [2.05, 4.69) is 0 Å². The minimum Gasteiger partial charge on any atom is -0.455 e. The van der Waals surface area contributed by atoms with Crippen LogP contribution in [0.1, 0.15) is 39.5 Å². The number of carbonyl (C=O) groups excluding carboxylic acids is 4. The SMILES string of the molecule is CC(=O)N1CCCC1C(=O)OC1COC2C(OC(=O)C3CCCN3C(C)=O)COC12. The molecule has 0 aromatic heterocycles. The van der Waals surface area contributed by atoms with Gasteiger partial charge in [0.25, 0.3) is 0 Å². The summed E-state index contributed by atoms with van der Waals surface area (Å²) in [5, 5.41) is 0. The second-order valence-corrected chi connectivity index (χ2v) is 8.29. The molecule has 4 fully saturated rings. The largest absolute Gasteiger partial charge is 0.455 e. The molecular formula is C20H28N2O8. The third-order valence-corrected chi connectivity index (χ3v) is 6.36. The van der Waals surface area contributed by atoms with Gasteiger partial charge in [-0.25, -0.2) is 9.59 Å². The molecule has 10 heteroatoms. The molecule has 166 valence electrons. The Bertz CT molecular complexity index is 668. The number of fused-ring (bicyclic) bond motifs is 1. The maximum Gasteiger partial charge on any atom is 0.329 e. The van der Waals surface area contributed by atoms with Gasteiger partial charge in [-0.3, -0.25) is 9.59 Å². The number of hydrogen-bond donors (Lipinski definition) is 0. The lowest BCUT2D eigenvalue weighted by Crippen LogP contribution is -2.44. The van der Waals surface area contributed by atoms with Crippen molar-refractivity contribution in [3.05, 3.63) is 0 Å². The number of carbonyl (C=O) groups is 4. The number of nitrogens with zero attached hydrogens (tertiary/aromatic N) is 2. The lowest BCUT2D eigenvalue weighted by molar-refractivity contribution is -0.163. The van der Waals surface area contributed by atoms with Gasteiger partial charge >= 0.3 is 11.9 Å². The van der Waals surface area contributed by atoms with Crippen LogP contribution in [0.5, 0.6) is 0 Å². The van der Waals surface area contributed by atoms with Crippen molar-refractivity contribution < 1.29 is 38.1 Å². The molecule has 0 bridgehead atoms. The van der Waals surface area contributed by atoms with E-state index in [0.717, 1.165) is 12.8 Å². The van der Waals surface area contributed by atoms with E-state index in [1.807, 2.05) is 0 Å². The van der Waals surface area contributed by atoms with Gasteiger partial charge in [0.1, 0.15) is 24.3 Å². The third kappa shape index (κ3) is 3.90. The standard InChI is InChI=1S/C20H28N2O8/c1-11(23)21-7-3-5-13(21)19(25)29-15-9-27-18-16(10-28-17(15)18)30-20(26)14-6-4-8-22(14)12(2)24/h13-18H,3-10H2,1-2H3. The van der Waals surface area contributed by atoms with Crippen molar-refractivity contribution in [1.29, 1.82) is 0 Å². The normalized spacial score (nSPS) is 35.4. The molecule has 10 nitrogen and oxygen atoms in total. The molecule has 0 aromatic carbocycles. The number of likely N-dealkylation sites (tertiary alicyclic amines) is 2. The Morgan fingerprint density at radius 3 is 1.50 bits per heavy atom. The van der Waals surface area contributed by atoms with Gasteiger partial charge < -0.3 is 28.7 Å². The van der Waals surface area contributed by atoms with Crippen LogP contribution in [0.25, 0.3) is 0 Å². The molecule has 0 radical (unpaired) electrons. The zero-order chi connectivity index (χ0) is 21.4. The van der Waals surface area contributed by atoms with Crippen LogP contribution in [-0.2, 0) is 38.1 Å². The van der Waals surface area contributed by atoms with Crippen molar-refractivity contribution >= 4 is 23.8 Å². The Morgan fingerprint density at radius 2 is 1.13 bits per heavy atom. The molecule has 0 aromatic rings. The van der Waals surface area contributed by atoms with E-state index in [-0.39, 0.29) is 25.0 Å². The Balaban J connectivity index is 1.32. The molecule has 6 unspecified atom stereocenters. The average Bonchev–Trinajstić information content (AvgIpc) is 3.47. The fourth-order valence-electron chi connectivity index (χ4n) is 4.86. The summed E-state index contributed by atoms with van der Waals surface area (Å²) in [6.07, 6.45) is 0.420. The highest BCUT2D eigenvalue weighted by Crippen LogP contribution is 2.32. The second kappa shape index (κ2) is 8.50. The summed E-state index contributed by atoms with van der Waals surface area (Å²) in [7, 11) is 0. The predicted octanol–water partition coefficient (Wildman–Crippen LogP) is -0.371. The van der Waals surface area contributed by atoms with Crippen molar-refractivity contribution in [3.8, 4) is 0 Å². The topological polar surface area (TPSA) is 112 Å². The second-order valence-electron chi connectivity index (χ2n) is 8.29. The number of amides is 2. The van der Waals surface area contributed by atoms with Crippen LogP contribution in [0.15, 0.2) is 0 Å². The summed E-state index contributed by atoms with van der Waals surface area (Å²) in [6.45, 7) is 4.27. The zero-order valence-electron chi connectivity index (χ0n) is 17.3. The van der Waals surface area contributed by atoms with Crippen molar-refractivity contribution in [3.63, 3.8) is 0 Å². The highest BCUT2D eigenvalue weighted by molar-refractivity contribution is 5.84. The average molecular weight is 424 g/mol. The molecule has 4 rings (SSSR count). The molecule has 0 aliphatic carbocycles. The molecule has 4 heterocycles. The number of hydrogen-bond acceptors (Lipinski definition) is 8. The molecule has 4 saturated heterocycles. The molecule has 4 aliphatic heterocycles. The molecule has 0 saturated carbocycles. The molecule has 6 atom stereocenters. The van der Waals surface area contributed by atoms with Gasteiger partial charge in [-0.05, 0) is 25.7 Å². The van der Waals surface area contributed by atoms with Gasteiger partial charge in [0.2, 0.25) is 11.8 Å². The molecule has 2 amide bonds. The summed E-state index contributed by atoms with van der Waals surface area (Å²) >= 11 is 0. The van der Waals surface area contributed by atoms with Gasteiger partial charge in [0.05, 0.1) is 13.2 Å². The van der Waals surface area contributed by atoms with Crippen LogP contribution in [0.3, 0.4) is 0 Å². The third-order valence-electron chi connectivity index (χ3n) is 6.36. The molecule has 4 aliphatic rings. The van der Waals surface area contributed by atoms with Crippen LogP contribution in [0.2, 0.25) is 0 Å². The van der Waals surface area contributed by atoms with E-state index in [1.165, 1.54) is 23.6 Å². The van der Waals surface area contributed by atoms with Crippen LogP contribution >= 0.6 is 0 Å². The summed E-state index contributed by atoms with van der Waals surface area (Å²) in [4.78, 5) is 51.6. The first-order valence-electron chi connectivity index (χ1n) is 10.6.